The van der Waals surface area contributed by atoms with Crippen LogP contribution in [-0.2, 0) is 4.79 Å². The third-order valence-corrected chi connectivity index (χ3v) is 3.69. The highest BCUT2D eigenvalue weighted by Gasteiger charge is 2.30. The molecule has 2 unspecified atom stereocenters. The summed E-state index contributed by atoms with van der Waals surface area (Å²) >= 11 is 0. The molecular formula is C15H22N2O. The number of anilines is 1. The van der Waals surface area contributed by atoms with Gasteiger partial charge in [0.15, 0.2) is 0 Å². The van der Waals surface area contributed by atoms with E-state index in [-0.39, 0.29) is 11.9 Å². The van der Waals surface area contributed by atoms with Crippen LogP contribution in [-0.4, -0.2) is 12.5 Å². The van der Waals surface area contributed by atoms with Crippen LogP contribution in [0, 0.1) is 0 Å². The topological polar surface area (TPSA) is 41.1 Å². The van der Waals surface area contributed by atoms with Gasteiger partial charge < -0.3 is 10.6 Å². The molecule has 0 fully saturated rings. The molecule has 1 aromatic carbocycles. The summed E-state index contributed by atoms with van der Waals surface area (Å²) < 4.78 is 0. The lowest BCUT2D eigenvalue weighted by molar-refractivity contribution is -0.117. The van der Waals surface area contributed by atoms with Crippen molar-refractivity contribution in [3.8, 4) is 0 Å². The molecule has 3 nitrogen and oxygen atoms in total. The average molecular weight is 246 g/mol. The van der Waals surface area contributed by atoms with Crippen molar-refractivity contribution >= 4 is 11.6 Å². The average Bonchev–Trinajstić information content (AvgIpc) is 2.70. The Morgan fingerprint density at radius 2 is 2.17 bits per heavy atom. The van der Waals surface area contributed by atoms with Crippen LogP contribution in [0.1, 0.15) is 56.7 Å². The van der Waals surface area contributed by atoms with Crippen LogP contribution in [0.4, 0.5) is 5.69 Å². The molecule has 1 aliphatic rings. The number of nitrogens with one attached hydrogen (secondary N) is 2. The molecular weight excluding hydrogens is 224 g/mol. The quantitative estimate of drug-likeness (QED) is 0.837. The van der Waals surface area contributed by atoms with Crippen molar-refractivity contribution in [1.82, 2.24) is 5.32 Å². The van der Waals surface area contributed by atoms with Gasteiger partial charge in [-0.15, -0.1) is 0 Å². The maximum Gasteiger partial charge on any atom is 0.246 e. The van der Waals surface area contributed by atoms with Gasteiger partial charge in [-0.3, -0.25) is 4.79 Å². The Morgan fingerprint density at radius 3 is 2.83 bits per heavy atom. The minimum Gasteiger partial charge on any atom is -0.324 e. The molecule has 0 bridgehead atoms. The normalized spacial score (nSPS) is 19.5. The van der Waals surface area contributed by atoms with E-state index in [9.17, 15) is 4.79 Å². The molecule has 0 aromatic heterocycles. The zero-order valence-corrected chi connectivity index (χ0v) is 11.4. The first-order valence-corrected chi connectivity index (χ1v) is 6.85. The van der Waals surface area contributed by atoms with E-state index < -0.39 is 0 Å². The number of rotatable bonds is 5. The van der Waals surface area contributed by atoms with Crippen LogP contribution in [0.15, 0.2) is 18.2 Å². The first-order chi connectivity index (χ1) is 8.67. The first kappa shape index (κ1) is 13.1. The first-order valence-electron chi connectivity index (χ1n) is 6.85. The summed E-state index contributed by atoms with van der Waals surface area (Å²) in [5.41, 5.74) is 3.38. The van der Waals surface area contributed by atoms with Crippen molar-refractivity contribution in [3.05, 3.63) is 29.3 Å². The second-order valence-corrected chi connectivity index (χ2v) is 5.03. The number of amides is 1. The third-order valence-electron chi connectivity index (χ3n) is 3.69. The fourth-order valence-electron chi connectivity index (χ4n) is 2.31. The number of hydrogen-bond acceptors (Lipinski definition) is 2. The summed E-state index contributed by atoms with van der Waals surface area (Å²) in [6.45, 7) is 7.38. The van der Waals surface area contributed by atoms with E-state index in [2.05, 4.69) is 43.5 Å². The van der Waals surface area contributed by atoms with Gasteiger partial charge >= 0.3 is 0 Å². The minimum atomic E-state index is -0.177. The molecule has 1 amide bonds. The lowest BCUT2D eigenvalue weighted by Gasteiger charge is -2.14. The Kier molecular flexibility index (Phi) is 4.02. The number of benzene rings is 1. The van der Waals surface area contributed by atoms with Crippen LogP contribution >= 0.6 is 0 Å². The zero-order chi connectivity index (χ0) is 13.1. The number of carbonyl (C=O) groups excluding carboxylic acids is 1. The largest absolute Gasteiger partial charge is 0.324 e. The summed E-state index contributed by atoms with van der Waals surface area (Å²) in [6.07, 6.45) is 2.15. The van der Waals surface area contributed by atoms with Crippen molar-refractivity contribution in [3.63, 3.8) is 0 Å². The van der Waals surface area contributed by atoms with Gasteiger partial charge in [-0.1, -0.05) is 32.9 Å². The van der Waals surface area contributed by atoms with Gasteiger partial charge in [0.05, 0.1) is 0 Å². The molecule has 0 saturated carbocycles. The van der Waals surface area contributed by atoms with Crippen LogP contribution in [0.25, 0.3) is 0 Å². The van der Waals surface area contributed by atoms with Crippen molar-refractivity contribution in [2.45, 2.75) is 45.6 Å². The van der Waals surface area contributed by atoms with E-state index in [0.29, 0.717) is 5.92 Å². The third kappa shape index (κ3) is 2.41. The zero-order valence-electron chi connectivity index (χ0n) is 11.4. The highest BCUT2D eigenvalue weighted by molar-refractivity contribution is 6.02. The van der Waals surface area contributed by atoms with Crippen LogP contribution in [0.5, 0.6) is 0 Å². The highest BCUT2D eigenvalue weighted by Crippen LogP contribution is 2.33. The van der Waals surface area contributed by atoms with E-state index in [1.807, 2.05) is 6.07 Å². The number of hydrogen-bond donors (Lipinski definition) is 2. The van der Waals surface area contributed by atoms with Gasteiger partial charge in [0.2, 0.25) is 5.91 Å². The SMILES string of the molecule is CCCNC1C(=O)Nc2ccc(C(C)CC)cc21. The van der Waals surface area contributed by atoms with Crippen molar-refractivity contribution < 1.29 is 4.79 Å². The molecule has 0 spiro atoms. The lowest BCUT2D eigenvalue weighted by atomic mass is 9.95. The fourth-order valence-corrected chi connectivity index (χ4v) is 2.31. The second-order valence-electron chi connectivity index (χ2n) is 5.03. The predicted molar refractivity (Wildman–Crippen MR) is 74.8 cm³/mol. The summed E-state index contributed by atoms with van der Waals surface area (Å²) in [4.78, 5) is 11.9. The molecule has 0 radical (unpaired) electrons. The monoisotopic (exact) mass is 246 g/mol. The fraction of sp³-hybridized carbons (Fsp3) is 0.533. The van der Waals surface area contributed by atoms with E-state index in [1.54, 1.807) is 0 Å². The maximum atomic E-state index is 11.9. The van der Waals surface area contributed by atoms with Crippen LogP contribution in [0.2, 0.25) is 0 Å². The van der Waals surface area contributed by atoms with Crippen molar-refractivity contribution in [1.29, 1.82) is 0 Å². The van der Waals surface area contributed by atoms with Gasteiger partial charge in [-0.05, 0) is 36.9 Å². The number of carbonyl (C=O) groups is 1. The van der Waals surface area contributed by atoms with Gasteiger partial charge in [-0.2, -0.15) is 0 Å². The minimum absolute atomic E-state index is 0.0692. The Bertz CT molecular complexity index is 442. The Morgan fingerprint density at radius 1 is 1.39 bits per heavy atom. The molecule has 2 N–H and O–H groups in total. The highest BCUT2D eigenvalue weighted by atomic mass is 16.2. The van der Waals surface area contributed by atoms with E-state index in [0.717, 1.165) is 30.6 Å². The second kappa shape index (κ2) is 5.53. The molecule has 3 heteroatoms. The van der Waals surface area contributed by atoms with E-state index >= 15 is 0 Å². The van der Waals surface area contributed by atoms with Crippen LogP contribution in [0.3, 0.4) is 0 Å². The van der Waals surface area contributed by atoms with E-state index in [1.165, 1.54) is 5.56 Å². The van der Waals surface area contributed by atoms with Gasteiger partial charge in [0, 0.05) is 11.3 Å². The lowest BCUT2D eigenvalue weighted by Crippen LogP contribution is -2.28. The Labute approximate surface area is 109 Å². The number of fused-ring (bicyclic) bond motifs is 1. The molecule has 0 saturated heterocycles. The van der Waals surface area contributed by atoms with Crippen LogP contribution < -0.4 is 10.6 Å². The standard InChI is InChI=1S/C15H22N2O/c1-4-8-16-14-12-9-11(10(3)5-2)6-7-13(12)17-15(14)18/h6-7,9-10,14,16H,4-5,8H2,1-3H3,(H,17,18). The molecule has 2 rings (SSSR count). The molecule has 18 heavy (non-hydrogen) atoms. The molecule has 98 valence electrons. The van der Waals surface area contributed by atoms with Crippen molar-refractivity contribution in [2.75, 3.05) is 11.9 Å². The summed E-state index contributed by atoms with van der Waals surface area (Å²) in [7, 11) is 0. The summed E-state index contributed by atoms with van der Waals surface area (Å²) in [5, 5.41) is 6.25. The Hall–Kier alpha value is -1.35. The Balaban J connectivity index is 2.27. The summed E-state index contributed by atoms with van der Waals surface area (Å²) in [6, 6.07) is 6.15. The molecule has 1 aliphatic heterocycles. The smallest absolute Gasteiger partial charge is 0.246 e. The maximum absolute atomic E-state index is 11.9. The predicted octanol–water partition coefficient (Wildman–Crippen LogP) is 3.19. The van der Waals surface area contributed by atoms with E-state index in [4.69, 9.17) is 0 Å². The molecule has 1 aromatic rings. The van der Waals surface area contributed by atoms with Gasteiger partial charge in [0.1, 0.15) is 6.04 Å². The molecule has 0 aliphatic carbocycles. The summed E-state index contributed by atoms with van der Waals surface area (Å²) in [5.74, 6) is 0.609. The van der Waals surface area contributed by atoms with Gasteiger partial charge in [0.25, 0.3) is 0 Å². The van der Waals surface area contributed by atoms with Gasteiger partial charge in [-0.25, -0.2) is 0 Å². The molecule has 2 atom stereocenters. The molecule has 1 heterocycles. The van der Waals surface area contributed by atoms with Crippen molar-refractivity contribution in [2.24, 2.45) is 0 Å².